The molecule has 3 N–H and O–H groups in total. The number of hydrogen-bond acceptors (Lipinski definition) is 5. The van der Waals surface area contributed by atoms with E-state index < -0.39 is 0 Å². The van der Waals surface area contributed by atoms with E-state index in [2.05, 4.69) is 32.7 Å². The number of aromatic nitrogens is 3. The number of aromatic amines is 1. The first-order chi connectivity index (χ1) is 11.2. The normalized spacial score (nSPS) is 21.0. The highest BCUT2D eigenvalue weighted by Crippen LogP contribution is 2.27. The predicted molar refractivity (Wildman–Crippen MR) is 87.2 cm³/mol. The summed E-state index contributed by atoms with van der Waals surface area (Å²) in [7, 11) is 1.61. The number of ether oxygens (including phenoxy) is 1. The second-order valence-corrected chi connectivity index (χ2v) is 5.77. The summed E-state index contributed by atoms with van der Waals surface area (Å²) in [5.41, 5.74) is 0.804. The van der Waals surface area contributed by atoms with Crippen molar-refractivity contribution in [3.05, 3.63) is 24.3 Å². The fourth-order valence-corrected chi connectivity index (χ4v) is 2.86. The molecule has 1 fully saturated rings. The van der Waals surface area contributed by atoms with Crippen LogP contribution in [0, 0.1) is 5.92 Å². The third-order valence-corrected chi connectivity index (χ3v) is 4.08. The van der Waals surface area contributed by atoms with Gasteiger partial charge in [0.2, 0.25) is 11.9 Å². The van der Waals surface area contributed by atoms with E-state index in [0.29, 0.717) is 23.6 Å². The second kappa shape index (κ2) is 6.78. The van der Waals surface area contributed by atoms with E-state index in [1.54, 1.807) is 7.11 Å². The minimum atomic E-state index is -0.0241. The number of para-hydroxylation sites is 1. The lowest BCUT2D eigenvalue weighted by Crippen LogP contribution is -2.40. The van der Waals surface area contributed by atoms with E-state index in [1.165, 1.54) is 0 Å². The van der Waals surface area contributed by atoms with Gasteiger partial charge in [-0.15, -0.1) is 5.10 Å². The topological polar surface area (TPSA) is 91.9 Å². The molecular weight excluding hydrogens is 294 g/mol. The zero-order chi connectivity index (χ0) is 16.2. The van der Waals surface area contributed by atoms with E-state index in [4.69, 9.17) is 4.74 Å². The van der Waals surface area contributed by atoms with Gasteiger partial charge in [-0.3, -0.25) is 15.2 Å². The van der Waals surface area contributed by atoms with Crippen LogP contribution in [-0.4, -0.2) is 40.8 Å². The summed E-state index contributed by atoms with van der Waals surface area (Å²) in [4.78, 5) is 16.7. The summed E-state index contributed by atoms with van der Waals surface area (Å²) in [6, 6.07) is 7.89. The number of H-pyrrole nitrogens is 1. The van der Waals surface area contributed by atoms with Gasteiger partial charge in [-0.2, -0.15) is 4.98 Å². The highest BCUT2D eigenvalue weighted by molar-refractivity contribution is 5.91. The van der Waals surface area contributed by atoms with Gasteiger partial charge >= 0.3 is 0 Å². The number of nitrogens with zero attached hydrogens (tertiary/aromatic N) is 2. The van der Waals surface area contributed by atoms with Crippen molar-refractivity contribution in [1.82, 2.24) is 20.5 Å². The molecule has 1 aromatic heterocycles. The first-order valence-electron chi connectivity index (χ1n) is 7.77. The predicted octanol–water partition coefficient (Wildman–Crippen LogP) is 1.81. The van der Waals surface area contributed by atoms with Crippen LogP contribution in [0.4, 0.5) is 5.95 Å². The lowest BCUT2D eigenvalue weighted by Gasteiger charge is -2.26. The average molecular weight is 315 g/mol. The molecule has 7 nitrogen and oxygen atoms in total. The first-order valence-corrected chi connectivity index (χ1v) is 7.77. The molecule has 1 aromatic carbocycles. The van der Waals surface area contributed by atoms with Crippen molar-refractivity contribution >= 4 is 11.9 Å². The molecule has 23 heavy (non-hydrogen) atoms. The molecule has 0 unspecified atom stereocenters. The maximum atomic E-state index is 12.3. The van der Waals surface area contributed by atoms with Gasteiger partial charge in [-0.25, -0.2) is 0 Å². The van der Waals surface area contributed by atoms with Crippen LogP contribution in [0.2, 0.25) is 0 Å². The number of methoxy groups -OCH3 is 1. The molecule has 1 aliphatic rings. The quantitative estimate of drug-likeness (QED) is 0.800. The number of hydrogen-bond donors (Lipinski definition) is 3. The Morgan fingerprint density at radius 2 is 2.22 bits per heavy atom. The molecule has 0 bridgehead atoms. The molecule has 1 amide bonds. The monoisotopic (exact) mass is 315 g/mol. The molecule has 0 aliphatic carbocycles. The molecule has 0 spiro atoms. The van der Waals surface area contributed by atoms with E-state index in [0.717, 1.165) is 24.9 Å². The second-order valence-electron chi connectivity index (χ2n) is 5.77. The van der Waals surface area contributed by atoms with Gasteiger partial charge < -0.3 is 10.1 Å². The summed E-state index contributed by atoms with van der Waals surface area (Å²) in [6.45, 7) is 2.95. The average Bonchev–Trinajstić information content (AvgIpc) is 3.03. The summed E-state index contributed by atoms with van der Waals surface area (Å²) in [5, 5.41) is 13.1. The molecule has 2 atom stereocenters. The van der Waals surface area contributed by atoms with Crippen molar-refractivity contribution in [1.29, 1.82) is 0 Å². The lowest BCUT2D eigenvalue weighted by molar-refractivity contribution is -0.120. The highest BCUT2D eigenvalue weighted by atomic mass is 16.5. The smallest absolute Gasteiger partial charge is 0.249 e. The van der Waals surface area contributed by atoms with Crippen LogP contribution in [0.25, 0.3) is 11.4 Å². The van der Waals surface area contributed by atoms with Crippen LogP contribution < -0.4 is 15.4 Å². The summed E-state index contributed by atoms with van der Waals surface area (Å²) >= 11 is 0. The van der Waals surface area contributed by atoms with Crippen LogP contribution in [0.5, 0.6) is 5.75 Å². The Kier molecular flexibility index (Phi) is 4.57. The molecule has 0 radical (unpaired) electrons. The SMILES string of the molecule is COc1ccccc1-c1nc(NC(=O)[C@H]2CCN[C@@H](C)C2)n[nH]1. The van der Waals surface area contributed by atoms with E-state index in [1.807, 2.05) is 24.3 Å². The molecule has 2 aromatic rings. The zero-order valence-electron chi connectivity index (χ0n) is 13.3. The van der Waals surface area contributed by atoms with Crippen LogP contribution in [-0.2, 0) is 4.79 Å². The summed E-state index contributed by atoms with van der Waals surface area (Å²) < 4.78 is 5.31. The molecular formula is C16H21N5O2. The van der Waals surface area contributed by atoms with Crippen molar-refractivity contribution in [3.8, 4) is 17.1 Å². The number of rotatable bonds is 4. The maximum Gasteiger partial charge on any atom is 0.249 e. The summed E-state index contributed by atoms with van der Waals surface area (Å²) in [5.74, 6) is 1.54. The summed E-state index contributed by atoms with van der Waals surface area (Å²) in [6.07, 6.45) is 1.66. The molecule has 0 saturated carbocycles. The first kappa shape index (κ1) is 15.5. The highest BCUT2D eigenvalue weighted by Gasteiger charge is 2.25. The zero-order valence-corrected chi connectivity index (χ0v) is 13.3. The third-order valence-electron chi connectivity index (χ3n) is 4.08. The van der Waals surface area contributed by atoms with Gasteiger partial charge in [0, 0.05) is 12.0 Å². The Labute approximate surface area is 134 Å². The van der Waals surface area contributed by atoms with Gasteiger partial charge in [0.1, 0.15) is 5.75 Å². The van der Waals surface area contributed by atoms with E-state index in [-0.39, 0.29) is 11.8 Å². The Hall–Kier alpha value is -2.41. The molecule has 1 aliphatic heterocycles. The van der Waals surface area contributed by atoms with Gasteiger partial charge in [0.15, 0.2) is 5.82 Å². The Bertz CT molecular complexity index is 685. The number of amides is 1. The van der Waals surface area contributed by atoms with Crippen molar-refractivity contribution in [3.63, 3.8) is 0 Å². The standard InChI is InChI=1S/C16H21N5O2/c1-10-9-11(7-8-17-10)15(22)19-16-18-14(20-21-16)12-5-3-4-6-13(12)23-2/h3-6,10-11,17H,7-9H2,1-2H3,(H2,18,19,20,21,22)/t10-,11-/m0/s1. The number of nitrogens with one attached hydrogen (secondary N) is 3. The Morgan fingerprint density at radius 3 is 3.00 bits per heavy atom. The van der Waals surface area contributed by atoms with Crippen LogP contribution >= 0.6 is 0 Å². The van der Waals surface area contributed by atoms with Crippen LogP contribution in [0.3, 0.4) is 0 Å². The van der Waals surface area contributed by atoms with Crippen molar-refractivity contribution in [2.24, 2.45) is 5.92 Å². The van der Waals surface area contributed by atoms with Crippen molar-refractivity contribution in [2.75, 3.05) is 19.0 Å². The van der Waals surface area contributed by atoms with Crippen LogP contribution in [0.1, 0.15) is 19.8 Å². The van der Waals surface area contributed by atoms with Gasteiger partial charge in [0.05, 0.1) is 12.7 Å². The number of carbonyl (C=O) groups is 1. The minimum Gasteiger partial charge on any atom is -0.496 e. The van der Waals surface area contributed by atoms with E-state index in [9.17, 15) is 4.79 Å². The number of anilines is 1. The van der Waals surface area contributed by atoms with E-state index >= 15 is 0 Å². The number of carbonyl (C=O) groups excluding carboxylic acids is 1. The number of piperidine rings is 1. The Morgan fingerprint density at radius 1 is 1.39 bits per heavy atom. The maximum absolute atomic E-state index is 12.3. The molecule has 122 valence electrons. The third kappa shape index (κ3) is 3.50. The van der Waals surface area contributed by atoms with Crippen molar-refractivity contribution < 1.29 is 9.53 Å². The molecule has 1 saturated heterocycles. The minimum absolute atomic E-state index is 0.000499. The number of benzene rings is 1. The largest absolute Gasteiger partial charge is 0.496 e. The fourth-order valence-electron chi connectivity index (χ4n) is 2.86. The van der Waals surface area contributed by atoms with Gasteiger partial charge in [-0.1, -0.05) is 12.1 Å². The molecule has 2 heterocycles. The van der Waals surface area contributed by atoms with Gasteiger partial charge in [0.25, 0.3) is 0 Å². The fraction of sp³-hybridized carbons (Fsp3) is 0.438. The van der Waals surface area contributed by atoms with Crippen molar-refractivity contribution in [2.45, 2.75) is 25.8 Å². The molecule has 7 heteroatoms. The molecule has 3 rings (SSSR count). The van der Waals surface area contributed by atoms with Gasteiger partial charge in [-0.05, 0) is 38.4 Å². The Balaban J connectivity index is 1.71. The van der Waals surface area contributed by atoms with Crippen LogP contribution in [0.15, 0.2) is 24.3 Å². The lowest BCUT2D eigenvalue weighted by atomic mass is 9.92.